The van der Waals surface area contributed by atoms with Crippen LogP contribution in [0.1, 0.15) is 31.7 Å². The van der Waals surface area contributed by atoms with Crippen molar-refractivity contribution in [2.75, 3.05) is 6.61 Å². The molecule has 1 aromatic carbocycles. The van der Waals surface area contributed by atoms with E-state index in [1.54, 1.807) is 0 Å². The van der Waals surface area contributed by atoms with E-state index in [9.17, 15) is 5.11 Å². The molecule has 1 aromatic rings. The number of aryl methyl sites for hydroxylation is 1. The molecule has 0 saturated carbocycles. The largest absolute Gasteiger partial charge is 0.494 e. The molecule has 0 aliphatic rings. The minimum Gasteiger partial charge on any atom is -0.494 e. The van der Waals surface area contributed by atoms with Gasteiger partial charge in [0.05, 0.1) is 12.7 Å². The molecule has 1 unspecified atom stereocenters. The first-order valence-corrected chi connectivity index (χ1v) is 5.60. The molecule has 84 valence electrons. The van der Waals surface area contributed by atoms with Crippen LogP contribution in [0.25, 0.3) is 0 Å². The zero-order valence-electron chi connectivity index (χ0n) is 9.57. The fourth-order valence-electron chi connectivity index (χ4n) is 1.35. The molecule has 0 saturated heterocycles. The standard InChI is InChI=1S/C13H20O2/c1-3-12(14)5-4-10-15-13-8-6-11(2)7-9-13/h6-9,12,14H,3-5,10H2,1-2H3. The topological polar surface area (TPSA) is 29.5 Å². The van der Waals surface area contributed by atoms with E-state index in [1.165, 1.54) is 5.56 Å². The smallest absolute Gasteiger partial charge is 0.119 e. The fraction of sp³-hybridized carbons (Fsp3) is 0.538. The van der Waals surface area contributed by atoms with Gasteiger partial charge in [-0.15, -0.1) is 0 Å². The van der Waals surface area contributed by atoms with Crippen LogP contribution in [-0.4, -0.2) is 17.8 Å². The van der Waals surface area contributed by atoms with E-state index >= 15 is 0 Å². The molecule has 15 heavy (non-hydrogen) atoms. The number of aliphatic hydroxyl groups is 1. The Morgan fingerprint density at radius 1 is 1.27 bits per heavy atom. The van der Waals surface area contributed by atoms with E-state index in [-0.39, 0.29) is 6.10 Å². The molecule has 0 aliphatic carbocycles. The zero-order valence-corrected chi connectivity index (χ0v) is 9.57. The van der Waals surface area contributed by atoms with Crippen molar-refractivity contribution < 1.29 is 9.84 Å². The first-order valence-electron chi connectivity index (χ1n) is 5.60. The zero-order chi connectivity index (χ0) is 11.1. The van der Waals surface area contributed by atoms with Crippen LogP contribution in [0, 0.1) is 6.92 Å². The van der Waals surface area contributed by atoms with Gasteiger partial charge in [-0.1, -0.05) is 24.6 Å². The Kier molecular flexibility index (Phi) is 5.19. The predicted molar refractivity (Wildman–Crippen MR) is 62.2 cm³/mol. The van der Waals surface area contributed by atoms with Crippen LogP contribution in [0.3, 0.4) is 0 Å². The summed E-state index contributed by atoms with van der Waals surface area (Å²) in [5, 5.41) is 9.34. The van der Waals surface area contributed by atoms with Gasteiger partial charge in [0.1, 0.15) is 5.75 Å². The van der Waals surface area contributed by atoms with Crippen molar-refractivity contribution in [1.82, 2.24) is 0 Å². The lowest BCUT2D eigenvalue weighted by Crippen LogP contribution is -2.07. The van der Waals surface area contributed by atoms with Gasteiger partial charge in [-0.3, -0.25) is 0 Å². The Labute approximate surface area is 91.9 Å². The van der Waals surface area contributed by atoms with E-state index in [4.69, 9.17) is 4.74 Å². The maximum Gasteiger partial charge on any atom is 0.119 e. The molecule has 1 N–H and O–H groups in total. The maximum absolute atomic E-state index is 9.34. The highest BCUT2D eigenvalue weighted by Gasteiger charge is 2.00. The van der Waals surface area contributed by atoms with Gasteiger partial charge in [0.2, 0.25) is 0 Å². The molecule has 0 amide bonds. The van der Waals surface area contributed by atoms with E-state index < -0.39 is 0 Å². The van der Waals surface area contributed by atoms with Gasteiger partial charge < -0.3 is 9.84 Å². The predicted octanol–water partition coefficient (Wildman–Crippen LogP) is 2.92. The quantitative estimate of drug-likeness (QED) is 0.728. The second-order valence-corrected chi connectivity index (χ2v) is 3.87. The van der Waals surface area contributed by atoms with Crippen molar-refractivity contribution in [3.8, 4) is 5.75 Å². The number of aliphatic hydroxyl groups excluding tert-OH is 1. The lowest BCUT2D eigenvalue weighted by atomic mass is 10.1. The molecule has 0 aromatic heterocycles. The third-order valence-corrected chi connectivity index (χ3v) is 2.44. The van der Waals surface area contributed by atoms with Crippen LogP contribution < -0.4 is 4.74 Å². The summed E-state index contributed by atoms with van der Waals surface area (Å²) in [4.78, 5) is 0. The third kappa shape index (κ3) is 4.84. The van der Waals surface area contributed by atoms with Gasteiger partial charge in [0.15, 0.2) is 0 Å². The van der Waals surface area contributed by atoms with Gasteiger partial charge in [-0.05, 0) is 38.3 Å². The SMILES string of the molecule is CCC(O)CCCOc1ccc(C)cc1. The Morgan fingerprint density at radius 2 is 1.93 bits per heavy atom. The second kappa shape index (κ2) is 6.46. The van der Waals surface area contributed by atoms with Gasteiger partial charge in [-0.2, -0.15) is 0 Å². The molecule has 0 radical (unpaired) electrons. The van der Waals surface area contributed by atoms with E-state index in [0.29, 0.717) is 6.61 Å². The lowest BCUT2D eigenvalue weighted by molar-refractivity contribution is 0.149. The molecule has 2 heteroatoms. The van der Waals surface area contributed by atoms with Gasteiger partial charge in [0.25, 0.3) is 0 Å². The summed E-state index contributed by atoms with van der Waals surface area (Å²) in [5.74, 6) is 0.909. The molecule has 1 rings (SSSR count). The highest BCUT2D eigenvalue weighted by Crippen LogP contribution is 2.12. The van der Waals surface area contributed by atoms with Crippen LogP contribution >= 0.6 is 0 Å². The van der Waals surface area contributed by atoms with Crippen molar-refractivity contribution in [3.63, 3.8) is 0 Å². The summed E-state index contributed by atoms with van der Waals surface area (Å²) in [7, 11) is 0. The molecule has 2 nitrogen and oxygen atoms in total. The normalized spacial score (nSPS) is 12.5. The lowest BCUT2D eigenvalue weighted by Gasteiger charge is -2.08. The van der Waals surface area contributed by atoms with Crippen LogP contribution in [0.2, 0.25) is 0 Å². The molecule has 0 aliphatic heterocycles. The molecule has 0 fully saturated rings. The molecular weight excluding hydrogens is 188 g/mol. The van der Waals surface area contributed by atoms with Crippen molar-refractivity contribution in [2.45, 2.75) is 39.2 Å². The Morgan fingerprint density at radius 3 is 2.53 bits per heavy atom. The minimum absolute atomic E-state index is 0.174. The summed E-state index contributed by atoms with van der Waals surface area (Å²) in [6, 6.07) is 8.03. The molecular formula is C13H20O2. The van der Waals surface area contributed by atoms with Gasteiger partial charge >= 0.3 is 0 Å². The highest BCUT2D eigenvalue weighted by atomic mass is 16.5. The summed E-state index contributed by atoms with van der Waals surface area (Å²) in [6.07, 6.45) is 2.38. The fourth-order valence-corrected chi connectivity index (χ4v) is 1.35. The van der Waals surface area contributed by atoms with Crippen molar-refractivity contribution in [3.05, 3.63) is 29.8 Å². The number of ether oxygens (including phenoxy) is 1. The van der Waals surface area contributed by atoms with Gasteiger partial charge in [-0.25, -0.2) is 0 Å². The molecule has 1 atom stereocenters. The summed E-state index contributed by atoms with van der Waals surface area (Å²) >= 11 is 0. The van der Waals surface area contributed by atoms with E-state index in [2.05, 4.69) is 6.92 Å². The number of hydrogen-bond donors (Lipinski definition) is 1. The summed E-state index contributed by atoms with van der Waals surface area (Å²) < 4.78 is 5.54. The van der Waals surface area contributed by atoms with Crippen molar-refractivity contribution in [1.29, 1.82) is 0 Å². The summed E-state index contributed by atoms with van der Waals surface area (Å²) in [5.41, 5.74) is 1.24. The number of rotatable bonds is 6. The Hall–Kier alpha value is -1.02. The van der Waals surface area contributed by atoms with Crippen LogP contribution in [-0.2, 0) is 0 Å². The molecule has 0 heterocycles. The van der Waals surface area contributed by atoms with Crippen LogP contribution in [0.5, 0.6) is 5.75 Å². The van der Waals surface area contributed by atoms with Crippen molar-refractivity contribution >= 4 is 0 Å². The first-order chi connectivity index (χ1) is 7.22. The van der Waals surface area contributed by atoms with E-state index in [0.717, 1.165) is 25.0 Å². The van der Waals surface area contributed by atoms with Crippen LogP contribution in [0.4, 0.5) is 0 Å². The highest BCUT2D eigenvalue weighted by molar-refractivity contribution is 5.26. The van der Waals surface area contributed by atoms with Crippen LogP contribution in [0.15, 0.2) is 24.3 Å². The molecule has 0 bridgehead atoms. The Balaban J connectivity index is 2.17. The second-order valence-electron chi connectivity index (χ2n) is 3.87. The molecule has 0 spiro atoms. The maximum atomic E-state index is 9.34. The number of hydrogen-bond acceptors (Lipinski definition) is 2. The number of benzene rings is 1. The van der Waals surface area contributed by atoms with Gasteiger partial charge in [0, 0.05) is 0 Å². The van der Waals surface area contributed by atoms with Crippen molar-refractivity contribution in [2.24, 2.45) is 0 Å². The Bertz CT molecular complexity index is 266. The monoisotopic (exact) mass is 208 g/mol. The first kappa shape index (κ1) is 12.1. The average molecular weight is 208 g/mol. The van der Waals surface area contributed by atoms with E-state index in [1.807, 2.05) is 31.2 Å². The third-order valence-electron chi connectivity index (χ3n) is 2.44. The average Bonchev–Trinajstić information content (AvgIpc) is 2.26. The summed E-state index contributed by atoms with van der Waals surface area (Å²) in [6.45, 7) is 4.73. The minimum atomic E-state index is -0.174.